The quantitative estimate of drug-likeness (QED) is 0.537. The topological polar surface area (TPSA) is 12.5 Å². The van der Waals surface area contributed by atoms with Crippen molar-refractivity contribution in [1.29, 1.82) is 0 Å². The molecule has 1 rings (SSSR count). The van der Waals surface area contributed by atoms with Gasteiger partial charge in [-0.1, -0.05) is 26.7 Å². The first-order valence-electron chi connectivity index (χ1n) is 5.95. The number of hydrogen-bond donors (Lipinski definition) is 0. The first-order chi connectivity index (χ1) is 7.45. The van der Waals surface area contributed by atoms with Crippen LogP contribution in [-0.4, -0.2) is 24.6 Å². The molecule has 0 aromatic heterocycles. The third-order valence-corrected chi connectivity index (χ3v) is 3.39. The van der Waals surface area contributed by atoms with Gasteiger partial charge in [0.05, 0.1) is 0 Å². The second kappa shape index (κ2) is 5.30. The second-order valence-corrected chi connectivity index (χ2v) is 5.51. The van der Waals surface area contributed by atoms with Crippen LogP contribution in [0.15, 0.2) is 12.5 Å². The van der Waals surface area contributed by atoms with Crippen LogP contribution in [0.1, 0.15) is 33.6 Å². The van der Waals surface area contributed by atoms with E-state index in [2.05, 4.69) is 38.2 Å². The molecule has 0 bridgehead atoms. The highest BCUT2D eigenvalue weighted by atomic mass is 16.5. The SMILES string of the molecule is C#CCOC(=C)N1CCC(C(C)(C)C)CC1. The standard InChI is InChI=1S/C14H23NO/c1-6-11-16-12(2)15-9-7-13(8-10-15)14(3,4)5/h1,13H,2,7-11H2,3-5H3. The molecule has 1 saturated heterocycles. The maximum atomic E-state index is 5.35. The van der Waals surface area contributed by atoms with Gasteiger partial charge in [0, 0.05) is 13.1 Å². The van der Waals surface area contributed by atoms with E-state index in [-0.39, 0.29) is 0 Å². The predicted octanol–water partition coefficient (Wildman–Crippen LogP) is 2.87. The second-order valence-electron chi connectivity index (χ2n) is 5.51. The van der Waals surface area contributed by atoms with Crippen LogP contribution in [0.2, 0.25) is 0 Å². The van der Waals surface area contributed by atoms with Crippen LogP contribution in [0.4, 0.5) is 0 Å². The number of terminal acetylenes is 1. The van der Waals surface area contributed by atoms with Gasteiger partial charge in [-0.25, -0.2) is 0 Å². The lowest BCUT2D eigenvalue weighted by atomic mass is 9.75. The average molecular weight is 221 g/mol. The monoisotopic (exact) mass is 221 g/mol. The van der Waals surface area contributed by atoms with Gasteiger partial charge in [0.1, 0.15) is 6.61 Å². The van der Waals surface area contributed by atoms with Crippen LogP contribution in [0.3, 0.4) is 0 Å². The Morgan fingerprint density at radius 3 is 2.44 bits per heavy atom. The van der Waals surface area contributed by atoms with Gasteiger partial charge in [0.15, 0.2) is 5.88 Å². The molecule has 0 unspecified atom stereocenters. The molecule has 0 aromatic rings. The number of ether oxygens (including phenoxy) is 1. The molecule has 0 atom stereocenters. The third-order valence-electron chi connectivity index (χ3n) is 3.39. The molecule has 2 heteroatoms. The minimum absolute atomic E-state index is 0.317. The van der Waals surface area contributed by atoms with Crippen LogP contribution < -0.4 is 0 Å². The smallest absolute Gasteiger partial charge is 0.183 e. The fourth-order valence-corrected chi connectivity index (χ4v) is 2.21. The molecule has 1 heterocycles. The molecular weight excluding hydrogens is 198 g/mol. The van der Waals surface area contributed by atoms with Crippen LogP contribution in [0.5, 0.6) is 0 Å². The summed E-state index contributed by atoms with van der Waals surface area (Å²) in [6.07, 6.45) is 7.57. The predicted molar refractivity (Wildman–Crippen MR) is 67.7 cm³/mol. The highest BCUT2D eigenvalue weighted by Gasteiger charge is 2.29. The molecule has 1 aliphatic heterocycles. The van der Waals surface area contributed by atoms with Crippen molar-refractivity contribution in [3.63, 3.8) is 0 Å². The van der Waals surface area contributed by atoms with Crippen LogP contribution in [0.25, 0.3) is 0 Å². The fourth-order valence-electron chi connectivity index (χ4n) is 2.21. The van der Waals surface area contributed by atoms with Gasteiger partial charge in [0.25, 0.3) is 0 Å². The van der Waals surface area contributed by atoms with Crippen molar-refractivity contribution >= 4 is 0 Å². The van der Waals surface area contributed by atoms with Gasteiger partial charge in [0.2, 0.25) is 0 Å². The van der Waals surface area contributed by atoms with Gasteiger partial charge >= 0.3 is 0 Å². The van der Waals surface area contributed by atoms with E-state index in [0.29, 0.717) is 12.0 Å². The molecule has 0 aromatic carbocycles. The van der Waals surface area contributed by atoms with E-state index in [1.807, 2.05) is 0 Å². The number of likely N-dealkylation sites (tertiary alicyclic amines) is 1. The number of piperidine rings is 1. The first kappa shape index (κ1) is 13.0. The zero-order chi connectivity index (χ0) is 12.2. The minimum atomic E-state index is 0.317. The highest BCUT2D eigenvalue weighted by Crippen LogP contribution is 2.34. The molecule has 0 spiro atoms. The highest BCUT2D eigenvalue weighted by molar-refractivity contribution is 4.92. The Morgan fingerprint density at radius 2 is 2.00 bits per heavy atom. The van der Waals surface area contributed by atoms with Gasteiger partial charge in [-0.3, -0.25) is 0 Å². The summed E-state index contributed by atoms with van der Waals surface area (Å²) in [7, 11) is 0. The molecule has 0 aliphatic carbocycles. The molecule has 2 nitrogen and oxygen atoms in total. The summed E-state index contributed by atoms with van der Waals surface area (Å²) in [6, 6.07) is 0. The summed E-state index contributed by atoms with van der Waals surface area (Å²) in [5.74, 6) is 3.98. The van der Waals surface area contributed by atoms with E-state index in [4.69, 9.17) is 11.2 Å². The van der Waals surface area contributed by atoms with Gasteiger partial charge in [-0.2, -0.15) is 0 Å². The first-order valence-corrected chi connectivity index (χ1v) is 5.95. The van der Waals surface area contributed by atoms with Gasteiger partial charge in [-0.05, 0) is 30.8 Å². The maximum absolute atomic E-state index is 5.35. The molecule has 0 N–H and O–H groups in total. The largest absolute Gasteiger partial charge is 0.467 e. The van der Waals surface area contributed by atoms with E-state index in [9.17, 15) is 0 Å². The van der Waals surface area contributed by atoms with Crippen molar-refractivity contribution < 1.29 is 4.74 Å². The molecule has 16 heavy (non-hydrogen) atoms. The van der Waals surface area contributed by atoms with Crippen LogP contribution in [0, 0.1) is 23.7 Å². The summed E-state index contributed by atoms with van der Waals surface area (Å²) in [5.41, 5.74) is 0.410. The van der Waals surface area contributed by atoms with Crippen molar-refractivity contribution in [3.05, 3.63) is 12.5 Å². The summed E-state index contributed by atoms with van der Waals surface area (Å²) < 4.78 is 5.35. The van der Waals surface area contributed by atoms with E-state index in [1.54, 1.807) is 0 Å². The van der Waals surface area contributed by atoms with Crippen molar-refractivity contribution in [2.24, 2.45) is 11.3 Å². The summed E-state index contributed by atoms with van der Waals surface area (Å²) in [6.45, 7) is 13.2. The lowest BCUT2D eigenvalue weighted by Crippen LogP contribution is -2.37. The van der Waals surface area contributed by atoms with E-state index < -0.39 is 0 Å². The van der Waals surface area contributed by atoms with E-state index >= 15 is 0 Å². The van der Waals surface area contributed by atoms with Crippen molar-refractivity contribution in [2.45, 2.75) is 33.6 Å². The van der Waals surface area contributed by atoms with Crippen molar-refractivity contribution in [2.75, 3.05) is 19.7 Å². The zero-order valence-corrected chi connectivity index (χ0v) is 10.8. The van der Waals surface area contributed by atoms with Gasteiger partial charge in [-0.15, -0.1) is 6.42 Å². The molecule has 0 amide bonds. The Morgan fingerprint density at radius 1 is 1.44 bits per heavy atom. The Balaban J connectivity index is 2.38. The normalized spacial score (nSPS) is 18.0. The summed E-state index contributed by atoms with van der Waals surface area (Å²) in [5, 5.41) is 0. The maximum Gasteiger partial charge on any atom is 0.183 e. The molecule has 0 radical (unpaired) electrons. The number of hydrogen-bond acceptors (Lipinski definition) is 2. The minimum Gasteiger partial charge on any atom is -0.467 e. The lowest BCUT2D eigenvalue weighted by Gasteiger charge is -2.39. The Bertz CT molecular complexity index is 274. The average Bonchev–Trinajstić information content (AvgIpc) is 2.25. The molecule has 0 saturated carbocycles. The molecule has 1 aliphatic rings. The molecular formula is C14H23NO. The van der Waals surface area contributed by atoms with E-state index in [1.165, 1.54) is 12.8 Å². The Kier molecular flexibility index (Phi) is 4.29. The third kappa shape index (κ3) is 3.48. The number of rotatable bonds is 3. The van der Waals surface area contributed by atoms with E-state index in [0.717, 1.165) is 24.9 Å². The summed E-state index contributed by atoms with van der Waals surface area (Å²) in [4.78, 5) is 2.19. The summed E-state index contributed by atoms with van der Waals surface area (Å²) >= 11 is 0. The molecule has 90 valence electrons. The lowest BCUT2D eigenvalue weighted by molar-refractivity contribution is 0.0748. The van der Waals surface area contributed by atoms with Crippen molar-refractivity contribution in [1.82, 2.24) is 4.90 Å². The Hall–Kier alpha value is -1.10. The Labute approximate surface area is 99.7 Å². The van der Waals surface area contributed by atoms with Crippen LogP contribution in [-0.2, 0) is 4.74 Å². The zero-order valence-electron chi connectivity index (χ0n) is 10.8. The van der Waals surface area contributed by atoms with Crippen molar-refractivity contribution in [3.8, 4) is 12.3 Å². The molecule has 1 fully saturated rings. The fraction of sp³-hybridized carbons (Fsp3) is 0.714. The van der Waals surface area contributed by atoms with Crippen LogP contribution >= 0.6 is 0 Å². The number of nitrogens with zero attached hydrogens (tertiary/aromatic N) is 1. The van der Waals surface area contributed by atoms with Gasteiger partial charge < -0.3 is 9.64 Å².